The van der Waals surface area contributed by atoms with Crippen molar-refractivity contribution in [2.75, 3.05) is 11.4 Å². The van der Waals surface area contributed by atoms with Crippen molar-refractivity contribution in [1.29, 1.82) is 0 Å². The van der Waals surface area contributed by atoms with Crippen LogP contribution in [0.3, 0.4) is 0 Å². The summed E-state index contributed by atoms with van der Waals surface area (Å²) in [7, 11) is 0. The molecule has 1 aliphatic heterocycles. The molecule has 1 amide bonds. The van der Waals surface area contributed by atoms with E-state index in [2.05, 4.69) is 45.3 Å². The summed E-state index contributed by atoms with van der Waals surface area (Å²) in [6.07, 6.45) is 5.09. The molecule has 2 aromatic rings. The fourth-order valence-electron chi connectivity index (χ4n) is 2.77. The van der Waals surface area contributed by atoms with Gasteiger partial charge in [0, 0.05) is 30.7 Å². The number of hydrogen-bond acceptors (Lipinski definition) is 4. The lowest BCUT2D eigenvalue weighted by molar-refractivity contribution is 0.0953. The van der Waals surface area contributed by atoms with Gasteiger partial charge in [0.2, 0.25) is 5.95 Å². The fraction of sp³-hybridized carbons (Fsp3) is 0.353. The largest absolute Gasteiger partial charge is 0.352 e. The van der Waals surface area contributed by atoms with Crippen LogP contribution in [-0.4, -0.2) is 28.5 Å². The van der Waals surface area contributed by atoms with Gasteiger partial charge in [-0.3, -0.25) is 4.79 Å². The molecule has 0 radical (unpaired) electrons. The Balaban J connectivity index is 1.83. The highest BCUT2D eigenvalue weighted by Gasteiger charge is 2.28. The third kappa shape index (κ3) is 2.66. The molecule has 1 unspecified atom stereocenters. The van der Waals surface area contributed by atoms with Crippen LogP contribution in [0.1, 0.15) is 36.2 Å². The Morgan fingerprint density at radius 3 is 2.77 bits per heavy atom. The van der Waals surface area contributed by atoms with E-state index in [1.807, 2.05) is 13.0 Å². The molecule has 0 saturated carbocycles. The highest BCUT2D eigenvalue weighted by molar-refractivity contribution is 5.93. The van der Waals surface area contributed by atoms with Crippen LogP contribution in [0.5, 0.6) is 0 Å². The maximum absolute atomic E-state index is 11.9. The second-order valence-corrected chi connectivity index (χ2v) is 5.58. The molecule has 5 nitrogen and oxygen atoms in total. The van der Waals surface area contributed by atoms with Gasteiger partial charge in [0.15, 0.2) is 0 Å². The molecule has 5 heteroatoms. The Hall–Kier alpha value is -2.43. The SMILES string of the molecule is CCCNC(=O)c1cnc(N2c3ccccc3CC2C)nc1. The number of para-hydroxylation sites is 1. The number of nitrogens with zero attached hydrogens (tertiary/aromatic N) is 3. The highest BCUT2D eigenvalue weighted by atomic mass is 16.1. The monoisotopic (exact) mass is 296 g/mol. The van der Waals surface area contributed by atoms with E-state index in [0.29, 0.717) is 24.1 Å². The molecule has 0 bridgehead atoms. The van der Waals surface area contributed by atoms with Crippen LogP contribution in [0.2, 0.25) is 0 Å². The predicted octanol–water partition coefficient (Wildman–Crippen LogP) is 2.70. The summed E-state index contributed by atoms with van der Waals surface area (Å²) in [6.45, 7) is 4.84. The first-order valence-corrected chi connectivity index (χ1v) is 7.68. The zero-order chi connectivity index (χ0) is 15.5. The standard InChI is InChI=1S/C17H20N4O/c1-3-8-18-16(22)14-10-19-17(20-11-14)21-12(2)9-13-6-4-5-7-15(13)21/h4-7,10-12H,3,8-9H2,1-2H3,(H,18,22). The average Bonchev–Trinajstić information content (AvgIpc) is 2.88. The van der Waals surface area contributed by atoms with E-state index in [1.54, 1.807) is 12.4 Å². The van der Waals surface area contributed by atoms with Gasteiger partial charge >= 0.3 is 0 Å². The second kappa shape index (κ2) is 6.13. The zero-order valence-corrected chi connectivity index (χ0v) is 12.9. The molecule has 22 heavy (non-hydrogen) atoms. The van der Waals surface area contributed by atoms with Crippen molar-refractivity contribution in [3.05, 3.63) is 47.8 Å². The van der Waals surface area contributed by atoms with Gasteiger partial charge in [0.25, 0.3) is 5.91 Å². The lowest BCUT2D eigenvalue weighted by atomic mass is 10.1. The molecule has 3 rings (SSSR count). The van der Waals surface area contributed by atoms with Gasteiger partial charge in [0.05, 0.1) is 5.56 Å². The Morgan fingerprint density at radius 1 is 1.32 bits per heavy atom. The number of rotatable bonds is 4. The van der Waals surface area contributed by atoms with Crippen molar-refractivity contribution < 1.29 is 4.79 Å². The van der Waals surface area contributed by atoms with E-state index in [0.717, 1.165) is 18.5 Å². The van der Waals surface area contributed by atoms with Crippen molar-refractivity contribution >= 4 is 17.5 Å². The summed E-state index contributed by atoms with van der Waals surface area (Å²) in [6, 6.07) is 8.62. The number of carbonyl (C=O) groups is 1. The van der Waals surface area contributed by atoms with Crippen LogP contribution in [-0.2, 0) is 6.42 Å². The summed E-state index contributed by atoms with van der Waals surface area (Å²) in [4.78, 5) is 22.8. The molecule has 1 N–H and O–H groups in total. The molecular weight excluding hydrogens is 276 g/mol. The normalized spacial score (nSPS) is 16.5. The minimum Gasteiger partial charge on any atom is -0.352 e. The maximum atomic E-state index is 11.9. The van der Waals surface area contributed by atoms with Crippen LogP contribution in [0, 0.1) is 0 Å². The number of anilines is 2. The van der Waals surface area contributed by atoms with Gasteiger partial charge in [-0.2, -0.15) is 0 Å². The molecule has 1 aromatic heterocycles. The minimum absolute atomic E-state index is 0.122. The van der Waals surface area contributed by atoms with Crippen molar-refractivity contribution in [2.24, 2.45) is 0 Å². The van der Waals surface area contributed by atoms with E-state index in [1.165, 1.54) is 5.56 Å². The Morgan fingerprint density at radius 2 is 2.05 bits per heavy atom. The van der Waals surface area contributed by atoms with Crippen molar-refractivity contribution in [2.45, 2.75) is 32.7 Å². The number of fused-ring (bicyclic) bond motifs is 1. The van der Waals surface area contributed by atoms with Crippen LogP contribution in [0.15, 0.2) is 36.7 Å². The first-order chi connectivity index (χ1) is 10.7. The van der Waals surface area contributed by atoms with Gasteiger partial charge in [-0.1, -0.05) is 25.1 Å². The number of carbonyl (C=O) groups excluding carboxylic acids is 1. The van der Waals surface area contributed by atoms with Gasteiger partial charge in [-0.15, -0.1) is 0 Å². The quantitative estimate of drug-likeness (QED) is 0.942. The predicted molar refractivity (Wildman–Crippen MR) is 86.4 cm³/mol. The van der Waals surface area contributed by atoms with Gasteiger partial charge < -0.3 is 10.2 Å². The third-order valence-corrected chi connectivity index (χ3v) is 3.86. The lowest BCUT2D eigenvalue weighted by Crippen LogP contribution is -2.27. The minimum atomic E-state index is -0.122. The smallest absolute Gasteiger partial charge is 0.254 e. The highest BCUT2D eigenvalue weighted by Crippen LogP contribution is 2.35. The molecule has 0 fully saturated rings. The van der Waals surface area contributed by atoms with Gasteiger partial charge in [-0.25, -0.2) is 9.97 Å². The molecular formula is C17H20N4O. The Bertz CT molecular complexity index is 669. The summed E-state index contributed by atoms with van der Waals surface area (Å²) >= 11 is 0. The molecule has 1 aromatic carbocycles. The van der Waals surface area contributed by atoms with E-state index < -0.39 is 0 Å². The number of benzene rings is 1. The van der Waals surface area contributed by atoms with E-state index in [4.69, 9.17) is 0 Å². The molecule has 0 saturated heterocycles. The third-order valence-electron chi connectivity index (χ3n) is 3.86. The molecule has 0 aliphatic carbocycles. The molecule has 114 valence electrons. The van der Waals surface area contributed by atoms with E-state index in [-0.39, 0.29) is 5.91 Å². The summed E-state index contributed by atoms with van der Waals surface area (Å²) in [5.41, 5.74) is 2.96. The number of amides is 1. The van der Waals surface area contributed by atoms with E-state index >= 15 is 0 Å². The van der Waals surface area contributed by atoms with Crippen LogP contribution in [0.25, 0.3) is 0 Å². The first-order valence-electron chi connectivity index (χ1n) is 7.68. The van der Waals surface area contributed by atoms with Crippen molar-refractivity contribution in [1.82, 2.24) is 15.3 Å². The first kappa shape index (κ1) is 14.5. The van der Waals surface area contributed by atoms with Gasteiger partial charge in [0.1, 0.15) is 0 Å². The molecule has 0 spiro atoms. The Labute approximate surface area is 130 Å². The molecule has 1 aliphatic rings. The van der Waals surface area contributed by atoms with Crippen molar-refractivity contribution in [3.8, 4) is 0 Å². The summed E-state index contributed by atoms with van der Waals surface area (Å²) < 4.78 is 0. The average molecular weight is 296 g/mol. The van der Waals surface area contributed by atoms with Crippen molar-refractivity contribution in [3.63, 3.8) is 0 Å². The van der Waals surface area contributed by atoms with Crippen LogP contribution >= 0.6 is 0 Å². The molecule has 1 atom stereocenters. The number of hydrogen-bond donors (Lipinski definition) is 1. The van der Waals surface area contributed by atoms with E-state index in [9.17, 15) is 4.79 Å². The second-order valence-electron chi connectivity index (χ2n) is 5.58. The fourth-order valence-corrected chi connectivity index (χ4v) is 2.77. The van der Waals surface area contributed by atoms with Gasteiger partial charge in [-0.05, 0) is 31.4 Å². The Kier molecular flexibility index (Phi) is 4.04. The summed E-state index contributed by atoms with van der Waals surface area (Å²) in [5.74, 6) is 0.521. The summed E-state index contributed by atoms with van der Waals surface area (Å²) in [5, 5.41) is 2.83. The topological polar surface area (TPSA) is 58.1 Å². The van der Waals surface area contributed by atoms with Crippen LogP contribution < -0.4 is 10.2 Å². The maximum Gasteiger partial charge on any atom is 0.254 e. The number of nitrogens with one attached hydrogen (secondary N) is 1. The molecule has 2 heterocycles. The lowest BCUT2D eigenvalue weighted by Gasteiger charge is -2.22. The zero-order valence-electron chi connectivity index (χ0n) is 12.9. The van der Waals surface area contributed by atoms with Crippen LogP contribution in [0.4, 0.5) is 11.6 Å². The number of aromatic nitrogens is 2.